The SMILES string of the molecule is CCCNc1nc(Nc2ccc(C=O)c3c2OCC3)nc2[nH]cc(C(F)(F)F)c12. The molecule has 1 aromatic carbocycles. The molecule has 29 heavy (non-hydrogen) atoms. The number of aldehydes is 1. The molecular weight excluding hydrogens is 387 g/mol. The summed E-state index contributed by atoms with van der Waals surface area (Å²) in [5.41, 5.74) is 1.12. The van der Waals surface area contributed by atoms with Gasteiger partial charge in [0.2, 0.25) is 5.95 Å². The third kappa shape index (κ3) is 3.45. The molecule has 2 aromatic heterocycles. The number of nitrogens with one attached hydrogen (secondary N) is 3. The van der Waals surface area contributed by atoms with Gasteiger partial charge in [-0.1, -0.05) is 6.92 Å². The summed E-state index contributed by atoms with van der Waals surface area (Å²) >= 11 is 0. The number of aromatic amines is 1. The van der Waals surface area contributed by atoms with E-state index in [9.17, 15) is 18.0 Å². The van der Waals surface area contributed by atoms with E-state index in [0.717, 1.165) is 18.0 Å². The van der Waals surface area contributed by atoms with Crippen molar-refractivity contribution in [2.24, 2.45) is 0 Å². The minimum absolute atomic E-state index is 0.0653. The highest BCUT2D eigenvalue weighted by Crippen LogP contribution is 2.39. The molecule has 3 aromatic rings. The van der Waals surface area contributed by atoms with Gasteiger partial charge in [0.15, 0.2) is 0 Å². The summed E-state index contributed by atoms with van der Waals surface area (Å²) in [5.74, 6) is 0.738. The normalized spacial score (nSPS) is 13.2. The molecule has 0 fully saturated rings. The summed E-state index contributed by atoms with van der Waals surface area (Å²) in [4.78, 5) is 22.3. The van der Waals surface area contributed by atoms with Crippen LogP contribution in [0.4, 0.5) is 30.6 Å². The quantitative estimate of drug-likeness (QED) is 0.530. The van der Waals surface area contributed by atoms with Gasteiger partial charge < -0.3 is 20.4 Å². The third-order valence-corrected chi connectivity index (χ3v) is 4.65. The maximum absolute atomic E-state index is 13.4. The zero-order valence-corrected chi connectivity index (χ0v) is 15.5. The Morgan fingerprint density at radius 2 is 2.14 bits per heavy atom. The maximum Gasteiger partial charge on any atom is 0.418 e. The van der Waals surface area contributed by atoms with E-state index in [1.54, 1.807) is 12.1 Å². The minimum Gasteiger partial charge on any atom is -0.491 e. The van der Waals surface area contributed by atoms with Crippen LogP contribution in [0.2, 0.25) is 0 Å². The van der Waals surface area contributed by atoms with Crippen molar-refractivity contribution in [3.63, 3.8) is 0 Å². The molecule has 3 heterocycles. The van der Waals surface area contributed by atoms with Gasteiger partial charge in [0.1, 0.15) is 23.5 Å². The highest BCUT2D eigenvalue weighted by Gasteiger charge is 2.35. The van der Waals surface area contributed by atoms with Crippen LogP contribution in [0.5, 0.6) is 5.75 Å². The van der Waals surface area contributed by atoms with Crippen molar-refractivity contribution in [1.82, 2.24) is 15.0 Å². The van der Waals surface area contributed by atoms with E-state index < -0.39 is 11.7 Å². The number of rotatable bonds is 6. The average Bonchev–Trinajstić information content (AvgIpc) is 3.33. The van der Waals surface area contributed by atoms with Crippen LogP contribution in [0.3, 0.4) is 0 Å². The smallest absolute Gasteiger partial charge is 0.418 e. The van der Waals surface area contributed by atoms with Gasteiger partial charge in [-0.25, -0.2) is 0 Å². The number of H-pyrrole nitrogens is 1. The number of carbonyl (C=O) groups is 1. The monoisotopic (exact) mass is 405 g/mol. The molecule has 3 N–H and O–H groups in total. The summed E-state index contributed by atoms with van der Waals surface area (Å²) in [6.07, 6.45) is -1.55. The number of halogens is 3. The van der Waals surface area contributed by atoms with Crippen molar-refractivity contribution >= 4 is 34.8 Å². The van der Waals surface area contributed by atoms with Gasteiger partial charge in [0.25, 0.3) is 0 Å². The number of aromatic nitrogens is 3. The number of fused-ring (bicyclic) bond motifs is 2. The molecule has 0 aliphatic carbocycles. The highest BCUT2D eigenvalue weighted by atomic mass is 19.4. The van der Waals surface area contributed by atoms with E-state index in [-0.39, 0.29) is 22.8 Å². The van der Waals surface area contributed by atoms with E-state index >= 15 is 0 Å². The lowest BCUT2D eigenvalue weighted by atomic mass is 10.1. The van der Waals surface area contributed by atoms with Crippen LogP contribution in [-0.2, 0) is 12.6 Å². The molecule has 0 spiro atoms. The molecule has 0 bridgehead atoms. The van der Waals surface area contributed by atoms with Crippen molar-refractivity contribution in [3.8, 4) is 5.75 Å². The first kappa shape index (κ1) is 19.0. The Kier molecular flexibility index (Phi) is 4.77. The molecule has 1 aliphatic heterocycles. The van der Waals surface area contributed by atoms with Crippen molar-refractivity contribution in [2.45, 2.75) is 25.9 Å². The van der Waals surface area contributed by atoms with Crippen LogP contribution in [0, 0.1) is 0 Å². The van der Waals surface area contributed by atoms with E-state index in [1.165, 1.54) is 0 Å². The van der Waals surface area contributed by atoms with Crippen LogP contribution in [0.15, 0.2) is 18.3 Å². The molecule has 0 unspecified atom stereocenters. The first-order valence-electron chi connectivity index (χ1n) is 9.13. The number of benzene rings is 1. The molecule has 0 radical (unpaired) electrons. The Bertz CT molecular complexity index is 1080. The standard InChI is InChI=1S/C19H18F3N5O2/c1-2-6-23-16-14-12(19(20,21)22)8-24-17(14)27-18(26-16)25-13-4-3-10(9-28)11-5-7-29-15(11)13/h3-4,8-9H,2,5-7H2,1H3,(H3,23,24,25,26,27). The van der Waals surface area contributed by atoms with Gasteiger partial charge in [-0.15, -0.1) is 0 Å². The Morgan fingerprint density at radius 3 is 2.86 bits per heavy atom. The summed E-state index contributed by atoms with van der Waals surface area (Å²) in [5, 5.41) is 5.85. The van der Waals surface area contributed by atoms with Gasteiger partial charge in [-0.05, 0) is 18.6 Å². The number of hydrogen-bond donors (Lipinski definition) is 3. The Morgan fingerprint density at radius 1 is 1.31 bits per heavy atom. The summed E-state index contributed by atoms with van der Waals surface area (Å²) in [7, 11) is 0. The maximum atomic E-state index is 13.4. The molecule has 4 rings (SSSR count). The molecule has 10 heteroatoms. The average molecular weight is 405 g/mol. The van der Waals surface area contributed by atoms with Crippen LogP contribution in [0.1, 0.15) is 34.8 Å². The van der Waals surface area contributed by atoms with E-state index in [1.807, 2.05) is 6.92 Å². The van der Waals surface area contributed by atoms with Gasteiger partial charge in [0, 0.05) is 30.3 Å². The first-order chi connectivity index (χ1) is 13.9. The van der Waals surface area contributed by atoms with Gasteiger partial charge in [-0.3, -0.25) is 4.79 Å². The zero-order valence-electron chi connectivity index (χ0n) is 15.5. The number of nitrogens with zero attached hydrogens (tertiary/aromatic N) is 2. The predicted molar refractivity (Wildman–Crippen MR) is 102 cm³/mol. The first-order valence-corrected chi connectivity index (χ1v) is 9.13. The van der Waals surface area contributed by atoms with Crippen LogP contribution in [-0.4, -0.2) is 34.4 Å². The summed E-state index contributed by atoms with van der Waals surface area (Å²) in [6, 6.07) is 3.32. The van der Waals surface area contributed by atoms with Crippen molar-refractivity contribution < 1.29 is 22.7 Å². The molecule has 0 saturated carbocycles. The second-order valence-corrected chi connectivity index (χ2v) is 6.60. The minimum atomic E-state index is -4.53. The number of carbonyl (C=O) groups excluding carboxylic acids is 1. The fourth-order valence-corrected chi connectivity index (χ4v) is 3.33. The number of hydrogen-bond acceptors (Lipinski definition) is 6. The van der Waals surface area contributed by atoms with Crippen LogP contribution >= 0.6 is 0 Å². The van der Waals surface area contributed by atoms with Crippen molar-refractivity contribution in [2.75, 3.05) is 23.8 Å². The van der Waals surface area contributed by atoms with E-state index in [0.29, 0.717) is 43.0 Å². The Labute approximate surface area is 163 Å². The zero-order chi connectivity index (χ0) is 20.6. The second kappa shape index (κ2) is 7.26. The molecule has 152 valence electrons. The third-order valence-electron chi connectivity index (χ3n) is 4.65. The van der Waals surface area contributed by atoms with Gasteiger partial charge in [-0.2, -0.15) is 23.1 Å². The van der Waals surface area contributed by atoms with E-state index in [2.05, 4.69) is 25.6 Å². The number of anilines is 3. The largest absolute Gasteiger partial charge is 0.491 e. The van der Waals surface area contributed by atoms with Crippen LogP contribution < -0.4 is 15.4 Å². The summed E-state index contributed by atoms with van der Waals surface area (Å²) in [6.45, 7) is 2.81. The predicted octanol–water partition coefficient (Wildman–Crippen LogP) is 4.29. The second-order valence-electron chi connectivity index (χ2n) is 6.60. The van der Waals surface area contributed by atoms with Gasteiger partial charge in [0.05, 0.1) is 23.2 Å². The van der Waals surface area contributed by atoms with Crippen molar-refractivity contribution in [3.05, 3.63) is 35.0 Å². The van der Waals surface area contributed by atoms with E-state index in [4.69, 9.17) is 4.74 Å². The lowest BCUT2D eigenvalue weighted by Gasteiger charge is -2.13. The number of ether oxygens (including phenoxy) is 1. The lowest BCUT2D eigenvalue weighted by Crippen LogP contribution is -2.09. The molecule has 1 aliphatic rings. The van der Waals surface area contributed by atoms with Gasteiger partial charge >= 0.3 is 6.18 Å². The Hall–Kier alpha value is -3.30. The topological polar surface area (TPSA) is 91.9 Å². The molecule has 0 saturated heterocycles. The number of alkyl halides is 3. The van der Waals surface area contributed by atoms with Crippen molar-refractivity contribution in [1.29, 1.82) is 0 Å². The van der Waals surface area contributed by atoms with Crippen LogP contribution in [0.25, 0.3) is 11.0 Å². The summed E-state index contributed by atoms with van der Waals surface area (Å²) < 4.78 is 45.7. The molecule has 7 nitrogen and oxygen atoms in total. The fourth-order valence-electron chi connectivity index (χ4n) is 3.33. The molecule has 0 amide bonds. The fraction of sp³-hybridized carbons (Fsp3) is 0.316. The molecule has 0 atom stereocenters. The highest BCUT2D eigenvalue weighted by molar-refractivity contribution is 5.92. The lowest BCUT2D eigenvalue weighted by molar-refractivity contribution is -0.136. The Balaban J connectivity index is 1.78. The molecular formula is C19H18F3N5O2.